The first-order valence-electron chi connectivity index (χ1n) is 4.62. The van der Waals surface area contributed by atoms with Crippen molar-refractivity contribution < 1.29 is 0 Å². The van der Waals surface area contributed by atoms with E-state index in [2.05, 4.69) is 11.4 Å². The molecule has 1 saturated carbocycles. The SMILES string of the molecule is N#Cc1ccc(NCC2CC2)cc1. The van der Waals surface area contributed by atoms with Crippen LogP contribution in [0.3, 0.4) is 0 Å². The van der Waals surface area contributed by atoms with E-state index in [0.29, 0.717) is 0 Å². The molecule has 0 atom stereocenters. The van der Waals surface area contributed by atoms with E-state index in [9.17, 15) is 0 Å². The fraction of sp³-hybridized carbons (Fsp3) is 0.364. The molecule has 1 fully saturated rings. The Hall–Kier alpha value is -1.49. The maximum Gasteiger partial charge on any atom is 0.0991 e. The van der Waals surface area contributed by atoms with Gasteiger partial charge in [-0.05, 0) is 43.0 Å². The van der Waals surface area contributed by atoms with E-state index < -0.39 is 0 Å². The molecule has 0 aromatic heterocycles. The van der Waals surface area contributed by atoms with Crippen LogP contribution in [0.4, 0.5) is 5.69 Å². The van der Waals surface area contributed by atoms with Crippen molar-refractivity contribution in [2.24, 2.45) is 5.92 Å². The van der Waals surface area contributed by atoms with Crippen LogP contribution in [0, 0.1) is 17.2 Å². The molecule has 0 aliphatic heterocycles. The van der Waals surface area contributed by atoms with E-state index in [4.69, 9.17) is 5.26 Å². The molecule has 1 aromatic rings. The van der Waals surface area contributed by atoms with Gasteiger partial charge in [0, 0.05) is 12.2 Å². The van der Waals surface area contributed by atoms with Crippen LogP contribution in [0.5, 0.6) is 0 Å². The number of nitrogens with zero attached hydrogens (tertiary/aromatic N) is 1. The quantitative estimate of drug-likeness (QED) is 0.759. The predicted molar refractivity (Wildman–Crippen MR) is 52.4 cm³/mol. The molecule has 0 heterocycles. The van der Waals surface area contributed by atoms with Crippen LogP contribution in [0.2, 0.25) is 0 Å². The molecule has 2 rings (SSSR count). The molecular weight excluding hydrogens is 160 g/mol. The van der Waals surface area contributed by atoms with E-state index in [1.165, 1.54) is 12.8 Å². The third kappa shape index (κ3) is 2.22. The molecule has 0 radical (unpaired) electrons. The highest BCUT2D eigenvalue weighted by Gasteiger charge is 2.20. The summed E-state index contributed by atoms with van der Waals surface area (Å²) in [4.78, 5) is 0. The van der Waals surface area contributed by atoms with Crippen molar-refractivity contribution in [3.8, 4) is 6.07 Å². The molecule has 0 unspecified atom stereocenters. The Bertz CT molecular complexity index is 317. The minimum absolute atomic E-state index is 0.719. The summed E-state index contributed by atoms with van der Waals surface area (Å²) in [5.41, 5.74) is 1.84. The van der Waals surface area contributed by atoms with Crippen LogP contribution in [-0.4, -0.2) is 6.54 Å². The van der Waals surface area contributed by atoms with Gasteiger partial charge in [-0.2, -0.15) is 5.26 Å². The van der Waals surface area contributed by atoms with E-state index in [-0.39, 0.29) is 0 Å². The lowest BCUT2D eigenvalue weighted by molar-refractivity contribution is 0.889. The lowest BCUT2D eigenvalue weighted by Gasteiger charge is -2.03. The van der Waals surface area contributed by atoms with Crippen LogP contribution in [0.1, 0.15) is 18.4 Å². The van der Waals surface area contributed by atoms with E-state index in [0.717, 1.165) is 23.7 Å². The molecule has 13 heavy (non-hydrogen) atoms. The van der Waals surface area contributed by atoms with Crippen LogP contribution in [0.15, 0.2) is 24.3 Å². The maximum atomic E-state index is 8.59. The average Bonchev–Trinajstić information content (AvgIpc) is 2.99. The number of rotatable bonds is 3. The Kier molecular flexibility index (Phi) is 2.18. The summed E-state index contributed by atoms with van der Waals surface area (Å²) < 4.78 is 0. The van der Waals surface area contributed by atoms with E-state index in [1.807, 2.05) is 24.3 Å². The number of hydrogen-bond acceptors (Lipinski definition) is 2. The summed E-state index contributed by atoms with van der Waals surface area (Å²) in [5.74, 6) is 0.885. The van der Waals surface area contributed by atoms with Gasteiger partial charge in [0.05, 0.1) is 11.6 Å². The van der Waals surface area contributed by atoms with E-state index in [1.54, 1.807) is 0 Å². The number of nitriles is 1. The zero-order valence-electron chi connectivity index (χ0n) is 7.46. The fourth-order valence-electron chi connectivity index (χ4n) is 1.25. The Morgan fingerprint density at radius 1 is 1.31 bits per heavy atom. The molecule has 1 aliphatic carbocycles. The number of nitrogens with one attached hydrogen (secondary N) is 1. The van der Waals surface area contributed by atoms with Gasteiger partial charge in [-0.25, -0.2) is 0 Å². The van der Waals surface area contributed by atoms with Gasteiger partial charge < -0.3 is 5.32 Å². The molecule has 0 spiro atoms. The first kappa shape index (κ1) is 8.12. The zero-order valence-corrected chi connectivity index (χ0v) is 7.46. The first-order valence-corrected chi connectivity index (χ1v) is 4.62. The normalized spacial score (nSPS) is 15.0. The summed E-state index contributed by atoms with van der Waals surface area (Å²) in [7, 11) is 0. The number of benzene rings is 1. The molecule has 2 heteroatoms. The maximum absolute atomic E-state index is 8.59. The number of anilines is 1. The third-order valence-corrected chi connectivity index (χ3v) is 2.31. The Morgan fingerprint density at radius 2 is 2.00 bits per heavy atom. The monoisotopic (exact) mass is 172 g/mol. The lowest BCUT2D eigenvalue weighted by Crippen LogP contribution is -2.02. The van der Waals surface area contributed by atoms with Gasteiger partial charge in [0.25, 0.3) is 0 Å². The molecule has 1 aliphatic rings. The second kappa shape index (κ2) is 3.49. The molecule has 0 bridgehead atoms. The second-order valence-corrected chi connectivity index (χ2v) is 3.51. The summed E-state index contributed by atoms with van der Waals surface area (Å²) in [6.07, 6.45) is 2.73. The summed E-state index contributed by atoms with van der Waals surface area (Å²) in [6, 6.07) is 9.71. The van der Waals surface area contributed by atoms with Crippen molar-refractivity contribution in [3.05, 3.63) is 29.8 Å². The molecule has 1 N–H and O–H groups in total. The molecule has 66 valence electrons. The van der Waals surface area contributed by atoms with Gasteiger partial charge in [0.15, 0.2) is 0 Å². The zero-order chi connectivity index (χ0) is 9.10. The fourth-order valence-corrected chi connectivity index (χ4v) is 1.25. The molecular formula is C11H12N2. The summed E-state index contributed by atoms with van der Waals surface area (Å²) >= 11 is 0. The molecule has 1 aromatic carbocycles. The Labute approximate surface area is 78.2 Å². The second-order valence-electron chi connectivity index (χ2n) is 3.51. The van der Waals surface area contributed by atoms with Crippen LogP contribution in [-0.2, 0) is 0 Å². The average molecular weight is 172 g/mol. The minimum Gasteiger partial charge on any atom is -0.385 e. The van der Waals surface area contributed by atoms with Gasteiger partial charge in [0.1, 0.15) is 0 Å². The molecule has 0 amide bonds. The van der Waals surface area contributed by atoms with Gasteiger partial charge >= 0.3 is 0 Å². The van der Waals surface area contributed by atoms with Gasteiger partial charge in [0.2, 0.25) is 0 Å². The third-order valence-electron chi connectivity index (χ3n) is 2.31. The van der Waals surface area contributed by atoms with Crippen molar-refractivity contribution >= 4 is 5.69 Å². The number of hydrogen-bond donors (Lipinski definition) is 1. The minimum atomic E-state index is 0.719. The summed E-state index contributed by atoms with van der Waals surface area (Å²) in [6.45, 7) is 1.08. The van der Waals surface area contributed by atoms with Crippen molar-refractivity contribution in [2.45, 2.75) is 12.8 Å². The highest BCUT2D eigenvalue weighted by Crippen LogP contribution is 2.28. The first-order chi connectivity index (χ1) is 6.38. The topological polar surface area (TPSA) is 35.8 Å². The van der Waals surface area contributed by atoms with Crippen molar-refractivity contribution in [1.82, 2.24) is 0 Å². The van der Waals surface area contributed by atoms with Crippen molar-refractivity contribution in [3.63, 3.8) is 0 Å². The Morgan fingerprint density at radius 3 is 2.54 bits per heavy atom. The largest absolute Gasteiger partial charge is 0.385 e. The molecule has 0 saturated heterocycles. The highest BCUT2D eigenvalue weighted by atomic mass is 14.9. The smallest absolute Gasteiger partial charge is 0.0991 e. The van der Waals surface area contributed by atoms with Gasteiger partial charge in [-0.3, -0.25) is 0 Å². The predicted octanol–water partition coefficient (Wildman–Crippen LogP) is 2.38. The van der Waals surface area contributed by atoms with Gasteiger partial charge in [-0.1, -0.05) is 0 Å². The van der Waals surface area contributed by atoms with Gasteiger partial charge in [-0.15, -0.1) is 0 Å². The van der Waals surface area contributed by atoms with Crippen LogP contribution >= 0.6 is 0 Å². The van der Waals surface area contributed by atoms with Crippen LogP contribution < -0.4 is 5.32 Å². The van der Waals surface area contributed by atoms with Crippen molar-refractivity contribution in [2.75, 3.05) is 11.9 Å². The van der Waals surface area contributed by atoms with E-state index >= 15 is 0 Å². The molecule has 2 nitrogen and oxygen atoms in total. The standard InChI is InChI=1S/C11H12N2/c12-7-9-3-5-11(6-4-9)13-8-10-1-2-10/h3-6,10,13H,1-2,8H2. The lowest BCUT2D eigenvalue weighted by atomic mass is 10.2. The van der Waals surface area contributed by atoms with Crippen LogP contribution in [0.25, 0.3) is 0 Å². The Balaban J connectivity index is 1.93. The highest BCUT2D eigenvalue weighted by molar-refractivity contribution is 5.47. The summed E-state index contributed by atoms with van der Waals surface area (Å²) in [5, 5.41) is 11.9. The van der Waals surface area contributed by atoms with Crippen molar-refractivity contribution in [1.29, 1.82) is 5.26 Å².